The van der Waals surface area contributed by atoms with Crippen molar-refractivity contribution < 1.29 is 10.2 Å². The van der Waals surface area contributed by atoms with E-state index < -0.39 is 12.2 Å². The Kier molecular flexibility index (Phi) is 4.54. The van der Waals surface area contributed by atoms with E-state index in [1.165, 1.54) is 18.2 Å². The summed E-state index contributed by atoms with van der Waals surface area (Å²) in [6.07, 6.45) is 4.89. The molecule has 0 aromatic heterocycles. The van der Waals surface area contributed by atoms with Crippen LogP contribution in [0.3, 0.4) is 0 Å². The van der Waals surface area contributed by atoms with Gasteiger partial charge in [0.25, 0.3) is 0 Å². The van der Waals surface area contributed by atoms with Crippen LogP contribution in [-0.4, -0.2) is 22.4 Å². The first-order valence-electron chi connectivity index (χ1n) is 2.91. The molecule has 10 heavy (non-hydrogen) atoms. The third kappa shape index (κ3) is 4.06. The summed E-state index contributed by atoms with van der Waals surface area (Å²) >= 11 is 0. The first kappa shape index (κ1) is 9.14. The van der Waals surface area contributed by atoms with Crippen LogP contribution in [-0.2, 0) is 0 Å². The van der Waals surface area contributed by atoms with Gasteiger partial charge in [-0.2, -0.15) is 0 Å². The molecule has 2 heteroatoms. The third-order valence-corrected chi connectivity index (χ3v) is 0.902. The average Bonchev–Trinajstić information content (AvgIpc) is 1.99. The van der Waals surface area contributed by atoms with Crippen molar-refractivity contribution in [2.75, 3.05) is 0 Å². The van der Waals surface area contributed by atoms with E-state index in [9.17, 15) is 0 Å². The lowest BCUT2D eigenvalue weighted by Gasteiger charge is -1.96. The van der Waals surface area contributed by atoms with Gasteiger partial charge in [0.15, 0.2) is 0 Å². The third-order valence-electron chi connectivity index (χ3n) is 0.902. The Hall–Kier alpha value is -0.860. The van der Waals surface area contributed by atoms with Crippen molar-refractivity contribution in [3.63, 3.8) is 0 Å². The smallest absolute Gasteiger partial charge is 0.0970 e. The van der Waals surface area contributed by atoms with Gasteiger partial charge in [0.2, 0.25) is 0 Å². The molecule has 55 valence electrons. The van der Waals surface area contributed by atoms with Gasteiger partial charge in [0.05, 0.1) is 12.2 Å². The molecule has 2 atom stereocenters. The van der Waals surface area contributed by atoms with Gasteiger partial charge >= 0.3 is 0 Å². The van der Waals surface area contributed by atoms with Gasteiger partial charge in [-0.1, -0.05) is 12.2 Å². The Morgan fingerprint density at radius 2 is 1.80 bits per heavy atom. The molecule has 0 aliphatic rings. The van der Waals surface area contributed by atoms with Crippen molar-refractivity contribution in [3.8, 4) is 0 Å². The lowest BCUT2D eigenvalue weighted by molar-refractivity contribution is 0.251. The molecule has 0 spiro atoms. The lowest BCUT2D eigenvalue weighted by Crippen LogP contribution is -2.01. The van der Waals surface area contributed by atoms with E-state index in [0.717, 1.165) is 0 Å². The molecule has 0 aliphatic heterocycles. The summed E-state index contributed by atoms with van der Waals surface area (Å²) in [7, 11) is 0. The Bertz CT molecular complexity index is 122. The standard InChI is InChI=1S/C8H11O2/c1-3-7(9)5-6-8(10)4-2/h3-5,7-10H,1-2H2. The van der Waals surface area contributed by atoms with Crippen LogP contribution in [0.15, 0.2) is 31.4 Å². The van der Waals surface area contributed by atoms with Crippen LogP contribution in [0.2, 0.25) is 0 Å². The molecule has 2 unspecified atom stereocenters. The molecular formula is C8H11O2. The highest BCUT2D eigenvalue weighted by Gasteiger charge is 1.92. The van der Waals surface area contributed by atoms with Crippen LogP contribution in [0.25, 0.3) is 0 Å². The summed E-state index contributed by atoms with van der Waals surface area (Å²) in [6.45, 7) is 6.66. The molecule has 2 nitrogen and oxygen atoms in total. The molecular weight excluding hydrogens is 128 g/mol. The molecule has 1 radical (unpaired) electrons. The SMILES string of the molecule is C=CC(O)/[C]=C/C(O)C=C. The summed E-state index contributed by atoms with van der Waals surface area (Å²) in [4.78, 5) is 0. The Morgan fingerprint density at radius 1 is 1.20 bits per heavy atom. The molecule has 0 amide bonds. The minimum atomic E-state index is -0.811. The predicted molar refractivity (Wildman–Crippen MR) is 40.2 cm³/mol. The zero-order chi connectivity index (χ0) is 7.98. The van der Waals surface area contributed by atoms with Crippen LogP contribution in [0.5, 0.6) is 0 Å². The maximum absolute atomic E-state index is 8.82. The van der Waals surface area contributed by atoms with E-state index >= 15 is 0 Å². The summed E-state index contributed by atoms with van der Waals surface area (Å²) in [5.74, 6) is 0. The molecule has 0 aromatic carbocycles. The Morgan fingerprint density at radius 3 is 2.20 bits per heavy atom. The van der Waals surface area contributed by atoms with Crippen molar-refractivity contribution in [1.29, 1.82) is 0 Å². The van der Waals surface area contributed by atoms with Crippen molar-refractivity contribution in [2.24, 2.45) is 0 Å². The van der Waals surface area contributed by atoms with Gasteiger partial charge in [-0.25, -0.2) is 0 Å². The second-order valence-electron chi connectivity index (χ2n) is 1.74. The monoisotopic (exact) mass is 139 g/mol. The van der Waals surface area contributed by atoms with Crippen LogP contribution in [0.1, 0.15) is 0 Å². The van der Waals surface area contributed by atoms with Crippen LogP contribution in [0.4, 0.5) is 0 Å². The van der Waals surface area contributed by atoms with Gasteiger partial charge in [-0.3, -0.25) is 0 Å². The number of hydrogen-bond donors (Lipinski definition) is 2. The minimum absolute atomic E-state index is 0.741. The fourth-order valence-corrected chi connectivity index (χ4v) is 0.333. The number of aliphatic hydroxyl groups excluding tert-OH is 2. The predicted octanol–water partition coefficient (Wildman–Crippen LogP) is 0.440. The maximum atomic E-state index is 8.82. The second-order valence-corrected chi connectivity index (χ2v) is 1.74. The van der Waals surface area contributed by atoms with Gasteiger partial charge in [-0.15, -0.1) is 13.2 Å². The van der Waals surface area contributed by atoms with E-state index in [-0.39, 0.29) is 0 Å². The highest BCUT2D eigenvalue weighted by Crippen LogP contribution is 1.89. The number of rotatable bonds is 4. The second kappa shape index (κ2) is 4.97. The van der Waals surface area contributed by atoms with Crippen LogP contribution >= 0.6 is 0 Å². The molecule has 0 saturated heterocycles. The molecule has 0 aliphatic carbocycles. The van der Waals surface area contributed by atoms with Crippen molar-refractivity contribution in [2.45, 2.75) is 12.2 Å². The van der Waals surface area contributed by atoms with Crippen LogP contribution < -0.4 is 0 Å². The summed E-state index contributed by atoms with van der Waals surface area (Å²) in [5, 5.41) is 17.6. The Labute approximate surface area is 60.8 Å². The van der Waals surface area contributed by atoms with Gasteiger partial charge in [0.1, 0.15) is 0 Å². The maximum Gasteiger partial charge on any atom is 0.0970 e. The number of aliphatic hydroxyl groups is 2. The molecule has 0 saturated carbocycles. The molecule has 0 aromatic rings. The van der Waals surface area contributed by atoms with E-state index in [0.29, 0.717) is 0 Å². The van der Waals surface area contributed by atoms with E-state index in [4.69, 9.17) is 10.2 Å². The summed E-state index contributed by atoms with van der Waals surface area (Å²) < 4.78 is 0. The number of hydrogen-bond acceptors (Lipinski definition) is 2. The molecule has 0 bridgehead atoms. The fourth-order valence-electron chi connectivity index (χ4n) is 0.333. The molecule has 0 rings (SSSR count). The largest absolute Gasteiger partial charge is 0.385 e. The Balaban J connectivity index is 3.73. The minimum Gasteiger partial charge on any atom is -0.385 e. The molecule has 2 N–H and O–H groups in total. The summed E-state index contributed by atoms with van der Waals surface area (Å²) in [6, 6.07) is 0. The van der Waals surface area contributed by atoms with Crippen molar-refractivity contribution in [3.05, 3.63) is 37.5 Å². The summed E-state index contributed by atoms with van der Waals surface area (Å²) in [5.41, 5.74) is 0. The first-order valence-corrected chi connectivity index (χ1v) is 2.91. The van der Waals surface area contributed by atoms with Gasteiger partial charge < -0.3 is 10.2 Å². The van der Waals surface area contributed by atoms with Gasteiger partial charge in [-0.05, 0) is 12.2 Å². The van der Waals surface area contributed by atoms with Gasteiger partial charge in [0, 0.05) is 0 Å². The fraction of sp³-hybridized carbons (Fsp3) is 0.250. The quantitative estimate of drug-likeness (QED) is 0.555. The normalized spacial score (nSPS) is 16.6. The van der Waals surface area contributed by atoms with Crippen LogP contribution in [0, 0.1) is 6.08 Å². The topological polar surface area (TPSA) is 40.5 Å². The van der Waals surface area contributed by atoms with Crippen molar-refractivity contribution in [1.82, 2.24) is 0 Å². The molecule has 0 fully saturated rings. The first-order chi connectivity index (χ1) is 4.70. The lowest BCUT2D eigenvalue weighted by atomic mass is 10.2. The highest BCUT2D eigenvalue weighted by molar-refractivity contribution is 4.99. The highest BCUT2D eigenvalue weighted by atomic mass is 16.3. The zero-order valence-electron chi connectivity index (χ0n) is 5.70. The van der Waals surface area contributed by atoms with E-state index in [1.54, 1.807) is 0 Å². The molecule has 0 heterocycles. The van der Waals surface area contributed by atoms with E-state index in [1.807, 2.05) is 0 Å². The van der Waals surface area contributed by atoms with Crippen molar-refractivity contribution >= 4 is 0 Å². The van der Waals surface area contributed by atoms with E-state index in [2.05, 4.69) is 19.2 Å². The zero-order valence-corrected chi connectivity index (χ0v) is 5.70. The average molecular weight is 139 g/mol.